The normalized spacial score (nSPS) is 10.9. The van der Waals surface area contributed by atoms with Crippen LogP contribution in [0.1, 0.15) is 26.7 Å². The summed E-state index contributed by atoms with van der Waals surface area (Å²) in [6.07, 6.45) is 0.482. The summed E-state index contributed by atoms with van der Waals surface area (Å²) < 4.78 is 0. The molecule has 0 amide bonds. The van der Waals surface area contributed by atoms with E-state index in [4.69, 9.17) is 10.2 Å². The van der Waals surface area contributed by atoms with E-state index >= 15 is 0 Å². The van der Waals surface area contributed by atoms with Gasteiger partial charge in [-0.1, -0.05) is 13.8 Å². The van der Waals surface area contributed by atoms with E-state index in [-0.39, 0.29) is 24.0 Å². The molecule has 0 aliphatic heterocycles. The van der Waals surface area contributed by atoms with Crippen LogP contribution in [0.4, 0.5) is 0 Å². The molecular formula is C10H19NO4. The number of aliphatic carboxylic acids is 2. The fourth-order valence-electron chi connectivity index (χ4n) is 0.987. The van der Waals surface area contributed by atoms with Gasteiger partial charge in [-0.05, 0) is 26.9 Å². The number of hydrogen-bond acceptors (Lipinski definition) is 3. The van der Waals surface area contributed by atoms with Crippen LogP contribution in [-0.2, 0) is 9.59 Å². The smallest absolute Gasteiger partial charge is 0.332 e. The highest BCUT2D eigenvalue weighted by Gasteiger charge is 2.16. The SMILES string of the molecule is CCC(C(=O)O)=C(CC)C(=O)O.CNC. The lowest BCUT2D eigenvalue weighted by Gasteiger charge is -2.03. The van der Waals surface area contributed by atoms with Gasteiger partial charge in [-0.2, -0.15) is 0 Å². The van der Waals surface area contributed by atoms with Crippen LogP contribution < -0.4 is 5.32 Å². The van der Waals surface area contributed by atoms with Crippen molar-refractivity contribution in [1.82, 2.24) is 5.32 Å². The Bertz CT molecular complexity index is 222. The van der Waals surface area contributed by atoms with Crippen molar-refractivity contribution < 1.29 is 19.8 Å². The first-order valence-corrected chi connectivity index (χ1v) is 4.73. The Balaban J connectivity index is 0. The second-order valence-electron chi connectivity index (χ2n) is 2.77. The van der Waals surface area contributed by atoms with E-state index < -0.39 is 11.9 Å². The van der Waals surface area contributed by atoms with Gasteiger partial charge >= 0.3 is 11.9 Å². The molecule has 0 aromatic carbocycles. The zero-order chi connectivity index (χ0) is 12.4. The van der Waals surface area contributed by atoms with Crippen LogP contribution in [-0.4, -0.2) is 36.2 Å². The molecule has 88 valence electrons. The fourth-order valence-corrected chi connectivity index (χ4v) is 0.987. The van der Waals surface area contributed by atoms with Crippen LogP contribution in [0.2, 0.25) is 0 Å². The molecule has 0 aliphatic rings. The Morgan fingerprint density at radius 1 is 0.933 bits per heavy atom. The van der Waals surface area contributed by atoms with Crippen molar-refractivity contribution in [2.45, 2.75) is 26.7 Å². The molecule has 5 heteroatoms. The molecule has 0 spiro atoms. The lowest BCUT2D eigenvalue weighted by molar-refractivity contribution is -0.136. The molecule has 0 saturated heterocycles. The van der Waals surface area contributed by atoms with E-state index in [0.717, 1.165) is 0 Å². The molecule has 0 rings (SSSR count). The third-order valence-corrected chi connectivity index (χ3v) is 1.59. The predicted molar refractivity (Wildman–Crippen MR) is 57.9 cm³/mol. The van der Waals surface area contributed by atoms with Gasteiger partial charge in [-0.3, -0.25) is 0 Å². The second kappa shape index (κ2) is 9.21. The number of carboxylic acid groups (broad SMARTS) is 2. The van der Waals surface area contributed by atoms with Crippen molar-refractivity contribution in [3.8, 4) is 0 Å². The molecule has 0 heterocycles. The average Bonchev–Trinajstić information content (AvgIpc) is 2.13. The zero-order valence-electron chi connectivity index (χ0n) is 9.63. The first-order chi connectivity index (χ1) is 6.95. The van der Waals surface area contributed by atoms with Crippen molar-refractivity contribution >= 4 is 11.9 Å². The topological polar surface area (TPSA) is 86.6 Å². The van der Waals surface area contributed by atoms with Crippen molar-refractivity contribution in [3.63, 3.8) is 0 Å². The molecule has 0 saturated carbocycles. The Kier molecular flexibility index (Phi) is 9.87. The summed E-state index contributed by atoms with van der Waals surface area (Å²) in [6, 6.07) is 0. The van der Waals surface area contributed by atoms with Gasteiger partial charge in [0, 0.05) is 11.1 Å². The van der Waals surface area contributed by atoms with E-state index in [1.165, 1.54) is 0 Å². The highest BCUT2D eigenvalue weighted by atomic mass is 16.4. The van der Waals surface area contributed by atoms with E-state index in [0.29, 0.717) is 0 Å². The maximum atomic E-state index is 10.5. The Morgan fingerprint density at radius 2 is 1.13 bits per heavy atom. The molecule has 5 nitrogen and oxygen atoms in total. The highest BCUT2D eigenvalue weighted by molar-refractivity contribution is 5.98. The molecule has 3 N–H and O–H groups in total. The number of hydrogen-bond donors (Lipinski definition) is 3. The molecule has 0 fully saturated rings. The monoisotopic (exact) mass is 217 g/mol. The molecule has 0 aromatic heterocycles. The van der Waals surface area contributed by atoms with Gasteiger partial charge in [0.2, 0.25) is 0 Å². The minimum atomic E-state index is -1.14. The molecular weight excluding hydrogens is 198 g/mol. The Hall–Kier alpha value is -1.36. The largest absolute Gasteiger partial charge is 0.478 e. The van der Waals surface area contributed by atoms with Crippen molar-refractivity contribution in [2.24, 2.45) is 0 Å². The maximum absolute atomic E-state index is 10.5. The van der Waals surface area contributed by atoms with E-state index in [1.54, 1.807) is 13.8 Å². The van der Waals surface area contributed by atoms with Crippen LogP contribution in [0.25, 0.3) is 0 Å². The zero-order valence-corrected chi connectivity index (χ0v) is 9.63. The predicted octanol–water partition coefficient (Wildman–Crippen LogP) is 1.11. The fraction of sp³-hybridized carbons (Fsp3) is 0.600. The lowest BCUT2D eigenvalue weighted by Crippen LogP contribution is -2.10. The number of carboxylic acids is 2. The first-order valence-electron chi connectivity index (χ1n) is 4.73. The van der Waals surface area contributed by atoms with Gasteiger partial charge < -0.3 is 15.5 Å². The number of nitrogens with one attached hydrogen (secondary N) is 1. The molecule has 0 unspecified atom stereocenters. The van der Waals surface area contributed by atoms with Crippen molar-refractivity contribution in [3.05, 3.63) is 11.1 Å². The molecule has 0 atom stereocenters. The van der Waals surface area contributed by atoms with Gasteiger partial charge in [0.1, 0.15) is 0 Å². The summed E-state index contributed by atoms with van der Waals surface area (Å²) in [4.78, 5) is 21.0. The van der Waals surface area contributed by atoms with Crippen molar-refractivity contribution in [1.29, 1.82) is 0 Å². The number of carbonyl (C=O) groups is 2. The van der Waals surface area contributed by atoms with Crippen molar-refractivity contribution in [2.75, 3.05) is 14.1 Å². The maximum Gasteiger partial charge on any atom is 0.332 e. The first kappa shape index (κ1) is 16.1. The summed E-state index contributed by atoms with van der Waals surface area (Å²) in [5, 5.41) is 20.0. The summed E-state index contributed by atoms with van der Waals surface area (Å²) in [5.74, 6) is -2.28. The molecule has 0 aromatic rings. The molecule has 0 aliphatic carbocycles. The minimum Gasteiger partial charge on any atom is -0.478 e. The van der Waals surface area contributed by atoms with Gasteiger partial charge in [0.15, 0.2) is 0 Å². The van der Waals surface area contributed by atoms with Gasteiger partial charge in [0.25, 0.3) is 0 Å². The van der Waals surface area contributed by atoms with E-state index in [2.05, 4.69) is 5.32 Å². The summed E-state index contributed by atoms with van der Waals surface area (Å²) in [5.41, 5.74) is -0.0185. The van der Waals surface area contributed by atoms with E-state index in [1.807, 2.05) is 14.1 Å². The van der Waals surface area contributed by atoms with Crippen LogP contribution in [0.15, 0.2) is 11.1 Å². The minimum absolute atomic E-state index is 0.00926. The second-order valence-corrected chi connectivity index (χ2v) is 2.77. The van der Waals surface area contributed by atoms with Crippen LogP contribution >= 0.6 is 0 Å². The molecule has 0 bridgehead atoms. The Morgan fingerprint density at radius 3 is 1.20 bits per heavy atom. The summed E-state index contributed by atoms with van der Waals surface area (Å²) >= 11 is 0. The standard InChI is InChI=1S/C8H12O4.C2H7N/c1-3-5(7(9)10)6(4-2)8(11)12;1-3-2/h3-4H2,1-2H3,(H,9,10)(H,11,12);3H,1-2H3. The van der Waals surface area contributed by atoms with Gasteiger partial charge in [0.05, 0.1) is 0 Å². The van der Waals surface area contributed by atoms with E-state index in [9.17, 15) is 9.59 Å². The van der Waals surface area contributed by atoms with Crippen LogP contribution in [0.3, 0.4) is 0 Å². The molecule has 15 heavy (non-hydrogen) atoms. The van der Waals surface area contributed by atoms with Gasteiger partial charge in [-0.25, -0.2) is 9.59 Å². The number of rotatable bonds is 4. The quantitative estimate of drug-likeness (QED) is 0.614. The molecule has 0 radical (unpaired) electrons. The third-order valence-electron chi connectivity index (χ3n) is 1.59. The third kappa shape index (κ3) is 6.68. The summed E-state index contributed by atoms with van der Waals surface area (Å²) in [7, 11) is 3.75. The summed E-state index contributed by atoms with van der Waals surface area (Å²) in [6.45, 7) is 3.25. The highest BCUT2D eigenvalue weighted by Crippen LogP contribution is 2.12. The average molecular weight is 217 g/mol. The lowest BCUT2D eigenvalue weighted by atomic mass is 10.0. The van der Waals surface area contributed by atoms with Crippen LogP contribution in [0, 0.1) is 0 Å². The Labute approximate surface area is 89.8 Å². The van der Waals surface area contributed by atoms with Crippen LogP contribution in [0.5, 0.6) is 0 Å². The van der Waals surface area contributed by atoms with Gasteiger partial charge in [-0.15, -0.1) is 0 Å².